The molecule has 30 heavy (non-hydrogen) atoms. The van der Waals surface area contributed by atoms with E-state index in [0.717, 1.165) is 21.6 Å². The molecule has 0 spiro atoms. The van der Waals surface area contributed by atoms with Crippen LogP contribution in [0.4, 0.5) is 11.5 Å². The largest absolute Gasteiger partial charge is 0.459 e. The molecule has 10 nitrogen and oxygen atoms in total. The summed E-state index contributed by atoms with van der Waals surface area (Å²) in [6.45, 7) is 6.89. The Morgan fingerprint density at radius 3 is 2.70 bits per heavy atom. The molecule has 0 unspecified atom stereocenters. The molecule has 3 rings (SSSR count). The van der Waals surface area contributed by atoms with Crippen molar-refractivity contribution < 1.29 is 19.2 Å². The number of ether oxygens (including phenoxy) is 2. The number of esters is 1. The summed E-state index contributed by atoms with van der Waals surface area (Å²) in [6.07, 6.45) is 1.15. The Morgan fingerprint density at radius 2 is 2.03 bits per heavy atom. The Labute approximate surface area is 176 Å². The topological polar surface area (TPSA) is 121 Å². The number of carbonyl (C=O) groups excluding carboxylic acids is 1. The number of aryl methyl sites for hydroxylation is 1. The van der Waals surface area contributed by atoms with E-state index < -0.39 is 22.2 Å². The molecule has 0 bridgehead atoms. The Bertz CT molecular complexity index is 1110. The quantitative estimate of drug-likeness (QED) is 0.325. The minimum Gasteiger partial charge on any atom is -0.459 e. The Morgan fingerprint density at radius 1 is 1.30 bits per heavy atom. The summed E-state index contributed by atoms with van der Waals surface area (Å²) in [5.74, 6) is -0.464. The first-order chi connectivity index (χ1) is 14.0. The fourth-order valence-electron chi connectivity index (χ4n) is 2.71. The maximum absolute atomic E-state index is 12.1. The normalized spacial score (nSPS) is 11.4. The van der Waals surface area contributed by atoms with Crippen LogP contribution in [0.5, 0.6) is 11.6 Å². The van der Waals surface area contributed by atoms with Gasteiger partial charge < -0.3 is 14.4 Å². The second-order valence-corrected chi connectivity index (χ2v) is 8.75. The lowest BCUT2D eigenvalue weighted by molar-refractivity contribution is -0.385. The molecule has 0 N–H and O–H groups in total. The zero-order valence-corrected chi connectivity index (χ0v) is 18.0. The lowest BCUT2D eigenvalue weighted by Gasteiger charge is -2.23. The van der Waals surface area contributed by atoms with E-state index in [-0.39, 0.29) is 18.2 Å². The van der Waals surface area contributed by atoms with Crippen LogP contribution >= 0.6 is 11.3 Å². The zero-order valence-electron chi connectivity index (χ0n) is 17.2. The van der Waals surface area contributed by atoms with E-state index in [0.29, 0.717) is 5.75 Å². The molecule has 2 aromatic heterocycles. The van der Waals surface area contributed by atoms with E-state index in [9.17, 15) is 14.9 Å². The minimum absolute atomic E-state index is 0.0542. The maximum atomic E-state index is 12.1. The molecule has 0 saturated heterocycles. The van der Waals surface area contributed by atoms with Gasteiger partial charge in [-0.25, -0.2) is 9.97 Å². The number of carbonyl (C=O) groups is 1. The summed E-state index contributed by atoms with van der Waals surface area (Å²) < 4.78 is 11.9. The van der Waals surface area contributed by atoms with E-state index in [1.165, 1.54) is 23.3 Å². The average Bonchev–Trinajstić information content (AvgIpc) is 2.98. The molecule has 0 amide bonds. The van der Waals surface area contributed by atoms with Crippen molar-refractivity contribution in [1.29, 1.82) is 0 Å². The van der Waals surface area contributed by atoms with Crippen LogP contribution in [0.15, 0.2) is 24.5 Å². The number of thiazole rings is 1. The number of hydrogen-bond acceptors (Lipinski definition) is 10. The molecular formula is C19H21N5O5S. The van der Waals surface area contributed by atoms with Gasteiger partial charge in [-0.3, -0.25) is 14.9 Å². The summed E-state index contributed by atoms with van der Waals surface area (Å²) in [6, 6.07) is 5.21. The fourth-order valence-corrected chi connectivity index (χ4v) is 3.52. The summed E-state index contributed by atoms with van der Waals surface area (Å²) in [7, 11) is 1.51. The average molecular weight is 431 g/mol. The molecule has 11 heteroatoms. The maximum Gasteiger partial charge on any atom is 0.373 e. The van der Waals surface area contributed by atoms with Crippen molar-refractivity contribution in [3.05, 3.63) is 39.6 Å². The highest BCUT2D eigenvalue weighted by Crippen LogP contribution is 2.36. The minimum atomic E-state index is -0.670. The van der Waals surface area contributed by atoms with Crippen molar-refractivity contribution in [3.8, 4) is 11.6 Å². The van der Waals surface area contributed by atoms with Crippen LogP contribution in [0, 0.1) is 17.0 Å². The Hall–Kier alpha value is -3.34. The highest BCUT2D eigenvalue weighted by Gasteiger charge is 2.29. The van der Waals surface area contributed by atoms with E-state index in [2.05, 4.69) is 15.0 Å². The number of fused-ring (bicyclic) bond motifs is 1. The monoisotopic (exact) mass is 431 g/mol. The summed E-state index contributed by atoms with van der Waals surface area (Å²) in [4.78, 5) is 36.9. The number of benzene rings is 1. The zero-order chi connectivity index (χ0) is 22.1. The number of hydrogen-bond donors (Lipinski definition) is 0. The lowest BCUT2D eigenvalue weighted by Crippen LogP contribution is -2.33. The second-order valence-electron chi connectivity index (χ2n) is 7.52. The SMILES string of the molecule is Cc1nc2cc(Oc3ncnc(N(C)CC(=O)OC(C)(C)C)c3[N+](=O)[O-])ccc2s1. The third kappa shape index (κ3) is 4.98. The fraction of sp³-hybridized carbons (Fsp3) is 0.368. The van der Waals surface area contributed by atoms with Crippen LogP contribution in [0.1, 0.15) is 25.8 Å². The molecular weight excluding hydrogens is 410 g/mol. The van der Waals surface area contributed by atoms with Gasteiger partial charge in [0.15, 0.2) is 0 Å². The van der Waals surface area contributed by atoms with E-state index in [4.69, 9.17) is 9.47 Å². The summed E-state index contributed by atoms with van der Waals surface area (Å²) in [5.41, 5.74) is -0.386. The van der Waals surface area contributed by atoms with Crippen molar-refractivity contribution in [1.82, 2.24) is 15.0 Å². The van der Waals surface area contributed by atoms with Crippen LogP contribution in [0.2, 0.25) is 0 Å². The van der Waals surface area contributed by atoms with Crippen LogP contribution in [-0.4, -0.2) is 45.0 Å². The van der Waals surface area contributed by atoms with E-state index >= 15 is 0 Å². The summed E-state index contributed by atoms with van der Waals surface area (Å²) in [5, 5.41) is 12.7. The van der Waals surface area contributed by atoms with Crippen LogP contribution in [0.3, 0.4) is 0 Å². The van der Waals surface area contributed by atoms with Gasteiger partial charge in [-0.2, -0.15) is 4.98 Å². The first-order valence-electron chi connectivity index (χ1n) is 9.01. The van der Waals surface area contributed by atoms with Crippen molar-refractivity contribution >= 4 is 39.0 Å². The summed E-state index contributed by atoms with van der Waals surface area (Å²) >= 11 is 1.54. The van der Waals surface area contributed by atoms with Gasteiger partial charge in [-0.15, -0.1) is 11.3 Å². The van der Waals surface area contributed by atoms with Crippen molar-refractivity contribution in [2.45, 2.75) is 33.3 Å². The third-order valence-corrected chi connectivity index (χ3v) is 4.73. The van der Waals surface area contributed by atoms with Crippen molar-refractivity contribution in [3.63, 3.8) is 0 Å². The highest BCUT2D eigenvalue weighted by molar-refractivity contribution is 7.18. The van der Waals surface area contributed by atoms with Crippen molar-refractivity contribution in [2.75, 3.05) is 18.5 Å². The third-order valence-electron chi connectivity index (χ3n) is 3.78. The van der Waals surface area contributed by atoms with E-state index in [1.807, 2.05) is 13.0 Å². The molecule has 158 valence electrons. The standard InChI is InChI=1S/C19H21N5O5S/c1-11-22-13-8-12(6-7-14(13)30-11)28-18-16(24(26)27)17(20-10-21-18)23(5)9-15(25)29-19(2,3)4/h6-8,10H,9H2,1-5H3. The molecule has 0 aliphatic rings. The molecule has 1 aromatic carbocycles. The number of aromatic nitrogens is 3. The molecule has 3 aromatic rings. The van der Waals surface area contributed by atoms with Crippen LogP contribution in [-0.2, 0) is 9.53 Å². The predicted octanol–water partition coefficient (Wildman–Crippen LogP) is 3.87. The van der Waals surface area contributed by atoms with Crippen LogP contribution < -0.4 is 9.64 Å². The lowest BCUT2D eigenvalue weighted by atomic mass is 10.2. The first-order valence-corrected chi connectivity index (χ1v) is 9.82. The first kappa shape index (κ1) is 21.4. The Kier molecular flexibility index (Phi) is 5.83. The molecule has 0 aliphatic carbocycles. The van der Waals surface area contributed by atoms with Gasteiger partial charge in [-0.05, 0) is 39.8 Å². The molecule has 0 aliphatic heterocycles. The molecule has 2 heterocycles. The smallest absolute Gasteiger partial charge is 0.373 e. The Balaban J connectivity index is 1.90. The number of nitro groups is 1. The molecule has 0 fully saturated rings. The second kappa shape index (κ2) is 8.19. The van der Waals surface area contributed by atoms with Gasteiger partial charge in [-0.1, -0.05) is 0 Å². The number of anilines is 1. The van der Waals surface area contributed by atoms with Gasteiger partial charge in [0.25, 0.3) is 0 Å². The van der Waals surface area contributed by atoms with Gasteiger partial charge in [0.1, 0.15) is 24.2 Å². The van der Waals surface area contributed by atoms with Gasteiger partial charge >= 0.3 is 17.5 Å². The van der Waals surface area contributed by atoms with Crippen LogP contribution in [0.25, 0.3) is 10.2 Å². The number of nitrogens with zero attached hydrogens (tertiary/aromatic N) is 5. The molecule has 0 radical (unpaired) electrons. The molecule has 0 saturated carbocycles. The number of likely N-dealkylation sites (N-methyl/N-ethyl adjacent to an activating group) is 1. The predicted molar refractivity (Wildman–Crippen MR) is 112 cm³/mol. The molecule has 0 atom stereocenters. The van der Waals surface area contributed by atoms with Gasteiger partial charge in [0.05, 0.1) is 20.1 Å². The highest BCUT2D eigenvalue weighted by atomic mass is 32.1. The number of rotatable bonds is 6. The van der Waals surface area contributed by atoms with Gasteiger partial charge in [0, 0.05) is 13.1 Å². The van der Waals surface area contributed by atoms with Crippen molar-refractivity contribution in [2.24, 2.45) is 0 Å². The van der Waals surface area contributed by atoms with Gasteiger partial charge in [0.2, 0.25) is 5.82 Å². The van der Waals surface area contributed by atoms with E-state index in [1.54, 1.807) is 32.9 Å².